The van der Waals surface area contributed by atoms with Crippen LogP contribution in [-0.4, -0.2) is 6.54 Å². The van der Waals surface area contributed by atoms with Gasteiger partial charge in [-0.1, -0.05) is 0 Å². The van der Waals surface area contributed by atoms with Gasteiger partial charge < -0.3 is 5.32 Å². The molecule has 15 heavy (non-hydrogen) atoms. The van der Waals surface area contributed by atoms with Crippen LogP contribution >= 0.6 is 11.3 Å². The van der Waals surface area contributed by atoms with Crippen LogP contribution in [0.1, 0.15) is 31.2 Å². The normalized spacial score (nSPS) is 21.1. The molecule has 1 N–H and O–H groups in total. The lowest BCUT2D eigenvalue weighted by atomic mass is 9.98. The van der Waals surface area contributed by atoms with Crippen molar-refractivity contribution in [3.8, 4) is 0 Å². The minimum absolute atomic E-state index is 1.00. The molecule has 2 aliphatic carbocycles. The van der Waals surface area contributed by atoms with Crippen LogP contribution in [0.5, 0.6) is 0 Å². The molecular weight excluding hydrogens is 202 g/mol. The van der Waals surface area contributed by atoms with Crippen LogP contribution in [0.3, 0.4) is 0 Å². The van der Waals surface area contributed by atoms with Crippen molar-refractivity contribution in [1.82, 2.24) is 5.32 Å². The van der Waals surface area contributed by atoms with Crippen LogP contribution in [0.4, 0.5) is 0 Å². The monoisotopic (exact) mass is 221 g/mol. The van der Waals surface area contributed by atoms with Crippen molar-refractivity contribution in [2.75, 3.05) is 6.54 Å². The van der Waals surface area contributed by atoms with E-state index in [1.54, 1.807) is 11.3 Å². The lowest BCUT2D eigenvalue weighted by molar-refractivity contribution is 0.378. The van der Waals surface area contributed by atoms with Crippen molar-refractivity contribution in [2.45, 2.75) is 32.2 Å². The average Bonchev–Trinajstić information content (AvgIpc) is 3.15. The smallest absolute Gasteiger partial charge is 0.0213 e. The number of thiophene rings is 1. The predicted octanol–water partition coefficient (Wildman–Crippen LogP) is 3.27. The summed E-state index contributed by atoms with van der Waals surface area (Å²) in [6, 6.07) is 2.22. The zero-order chi connectivity index (χ0) is 10.1. The summed E-state index contributed by atoms with van der Waals surface area (Å²) in [5.41, 5.74) is 1.45. The second kappa shape index (κ2) is 4.26. The third kappa shape index (κ3) is 2.61. The van der Waals surface area contributed by atoms with Gasteiger partial charge in [-0.3, -0.25) is 0 Å². The summed E-state index contributed by atoms with van der Waals surface area (Å²) in [7, 11) is 0. The van der Waals surface area contributed by atoms with Crippen molar-refractivity contribution in [1.29, 1.82) is 0 Å². The van der Waals surface area contributed by atoms with Gasteiger partial charge in [-0.15, -0.1) is 0 Å². The van der Waals surface area contributed by atoms with Crippen molar-refractivity contribution >= 4 is 11.3 Å². The molecule has 0 spiro atoms. The van der Waals surface area contributed by atoms with Gasteiger partial charge in [0.05, 0.1) is 0 Å². The maximum atomic E-state index is 3.64. The van der Waals surface area contributed by atoms with Crippen molar-refractivity contribution in [2.24, 2.45) is 17.8 Å². The number of hydrogen-bond donors (Lipinski definition) is 1. The fraction of sp³-hybridized carbons (Fsp3) is 0.692. The topological polar surface area (TPSA) is 12.0 Å². The third-order valence-electron chi connectivity index (χ3n) is 3.74. The van der Waals surface area contributed by atoms with Crippen molar-refractivity contribution < 1.29 is 0 Å². The Hall–Kier alpha value is -0.340. The molecule has 3 rings (SSSR count). The largest absolute Gasteiger partial charge is 0.312 e. The van der Waals surface area contributed by atoms with Crippen LogP contribution in [0.15, 0.2) is 16.8 Å². The molecule has 2 aliphatic rings. The zero-order valence-corrected chi connectivity index (χ0v) is 9.93. The maximum absolute atomic E-state index is 3.64. The van der Waals surface area contributed by atoms with E-state index in [1.165, 1.54) is 37.8 Å². The Morgan fingerprint density at radius 3 is 2.53 bits per heavy atom. The summed E-state index contributed by atoms with van der Waals surface area (Å²) in [6.45, 7) is 2.32. The van der Waals surface area contributed by atoms with Crippen molar-refractivity contribution in [3.05, 3.63) is 22.4 Å². The fourth-order valence-corrected chi connectivity index (χ4v) is 3.21. The van der Waals surface area contributed by atoms with Gasteiger partial charge >= 0.3 is 0 Å². The molecule has 0 aromatic carbocycles. The first-order valence-corrected chi connectivity index (χ1v) is 7.09. The highest BCUT2D eigenvalue weighted by Crippen LogP contribution is 2.48. The van der Waals surface area contributed by atoms with E-state index >= 15 is 0 Å². The average molecular weight is 221 g/mol. The Kier molecular flexibility index (Phi) is 2.80. The number of nitrogens with one attached hydrogen (secondary N) is 1. The molecule has 0 saturated heterocycles. The van der Waals surface area contributed by atoms with Crippen LogP contribution in [0.25, 0.3) is 0 Å². The molecule has 2 fully saturated rings. The number of rotatable bonds is 6. The highest BCUT2D eigenvalue weighted by molar-refractivity contribution is 7.07. The van der Waals surface area contributed by atoms with Crippen LogP contribution < -0.4 is 5.32 Å². The van der Waals surface area contributed by atoms with Gasteiger partial charge in [0.2, 0.25) is 0 Å². The quantitative estimate of drug-likeness (QED) is 0.777. The Bertz CT molecular complexity index is 286. The fourth-order valence-electron chi connectivity index (χ4n) is 2.54. The molecule has 1 nitrogen and oxygen atoms in total. The lowest BCUT2D eigenvalue weighted by Gasteiger charge is -2.15. The van der Waals surface area contributed by atoms with E-state index in [-0.39, 0.29) is 0 Å². The van der Waals surface area contributed by atoms with Gasteiger partial charge in [0.25, 0.3) is 0 Å². The molecule has 1 heterocycles. The summed E-state index contributed by atoms with van der Waals surface area (Å²) in [5, 5.41) is 8.05. The Morgan fingerprint density at radius 1 is 1.27 bits per heavy atom. The molecular formula is C13H19NS. The molecule has 82 valence electrons. The van der Waals surface area contributed by atoms with Gasteiger partial charge in [0, 0.05) is 6.54 Å². The standard InChI is InChI=1S/C13H19NS/c1-2-11(1)13(12-3-4-12)8-14-7-10-5-6-15-9-10/h5-6,9,11-14H,1-4,7-8H2. The van der Waals surface area contributed by atoms with E-state index in [2.05, 4.69) is 22.1 Å². The summed E-state index contributed by atoms with van der Waals surface area (Å²) < 4.78 is 0. The maximum Gasteiger partial charge on any atom is 0.0213 e. The van der Waals surface area contributed by atoms with E-state index in [1.807, 2.05) is 0 Å². The third-order valence-corrected chi connectivity index (χ3v) is 4.48. The molecule has 0 aliphatic heterocycles. The van der Waals surface area contributed by atoms with Gasteiger partial charge in [-0.2, -0.15) is 11.3 Å². The summed E-state index contributed by atoms with van der Waals surface area (Å²) in [4.78, 5) is 0. The van der Waals surface area contributed by atoms with Crippen LogP contribution in [0.2, 0.25) is 0 Å². The zero-order valence-electron chi connectivity index (χ0n) is 9.11. The SMILES string of the molecule is c1cc(CNCC(C2CC2)C2CC2)cs1. The van der Waals surface area contributed by atoms with Gasteiger partial charge in [0.1, 0.15) is 0 Å². The first-order valence-electron chi connectivity index (χ1n) is 6.15. The molecule has 0 radical (unpaired) electrons. The molecule has 0 bridgehead atoms. The minimum Gasteiger partial charge on any atom is -0.312 e. The van der Waals surface area contributed by atoms with E-state index < -0.39 is 0 Å². The Morgan fingerprint density at radius 2 is 2.00 bits per heavy atom. The molecule has 1 aromatic heterocycles. The minimum atomic E-state index is 1.00. The van der Waals surface area contributed by atoms with Crippen LogP contribution in [0, 0.1) is 17.8 Å². The van der Waals surface area contributed by atoms with E-state index in [4.69, 9.17) is 0 Å². The molecule has 0 amide bonds. The lowest BCUT2D eigenvalue weighted by Crippen LogP contribution is -2.25. The second-order valence-electron chi connectivity index (χ2n) is 5.10. The summed E-state index contributed by atoms with van der Waals surface area (Å²) in [6.07, 6.45) is 6.01. The van der Waals surface area contributed by atoms with E-state index in [9.17, 15) is 0 Å². The van der Waals surface area contributed by atoms with Crippen LogP contribution in [-0.2, 0) is 6.54 Å². The van der Waals surface area contributed by atoms with Gasteiger partial charge in [-0.05, 0) is 72.4 Å². The highest BCUT2D eigenvalue weighted by Gasteiger charge is 2.40. The Balaban J connectivity index is 1.44. The summed E-state index contributed by atoms with van der Waals surface area (Å²) in [5.74, 6) is 3.16. The Labute approximate surface area is 95.9 Å². The van der Waals surface area contributed by atoms with Gasteiger partial charge in [-0.25, -0.2) is 0 Å². The molecule has 2 saturated carbocycles. The number of hydrogen-bond acceptors (Lipinski definition) is 2. The summed E-state index contributed by atoms with van der Waals surface area (Å²) >= 11 is 1.80. The first-order chi connectivity index (χ1) is 7.43. The van der Waals surface area contributed by atoms with E-state index in [0.29, 0.717) is 0 Å². The van der Waals surface area contributed by atoms with Crippen molar-refractivity contribution in [3.63, 3.8) is 0 Å². The van der Waals surface area contributed by atoms with E-state index in [0.717, 1.165) is 24.3 Å². The molecule has 0 atom stereocenters. The highest BCUT2D eigenvalue weighted by atomic mass is 32.1. The molecule has 1 aromatic rings. The second-order valence-corrected chi connectivity index (χ2v) is 5.88. The first kappa shape index (κ1) is 9.86. The van der Waals surface area contributed by atoms with Gasteiger partial charge in [0.15, 0.2) is 0 Å². The predicted molar refractivity (Wildman–Crippen MR) is 65.0 cm³/mol. The molecule has 2 heteroatoms. The molecule has 0 unspecified atom stereocenters.